The van der Waals surface area contributed by atoms with E-state index in [-0.39, 0.29) is 0 Å². The standard InChI is InChI=1S/C6H16N2O.C5H12O4.H4O3P2/c1-6(9,7(2)3)8(4)5;6-1-5(2-7,3-8)4-9;1-4-3-5-2/h9H,1-5H3;6-9H,1-4H2;1-2,4-5H. The minimum Gasteiger partial charge on any atom is -0.396 e. The Balaban J connectivity index is -0.000000273. The van der Waals surface area contributed by atoms with E-state index in [1.54, 1.807) is 16.7 Å². The quantitative estimate of drug-likeness (QED) is 0.180. The summed E-state index contributed by atoms with van der Waals surface area (Å²) < 4.78 is 4.00. The second-order valence-electron chi connectivity index (χ2n) is 5.18. The topological polar surface area (TPSA) is 157 Å². The Kier molecular flexibility index (Phi) is 19.6. The Labute approximate surface area is 141 Å². The van der Waals surface area contributed by atoms with Gasteiger partial charge in [0, 0.05) is 0 Å². The summed E-state index contributed by atoms with van der Waals surface area (Å²) in [7, 11) is 6.17. The third-order valence-electron chi connectivity index (χ3n) is 3.13. The highest BCUT2D eigenvalue weighted by Crippen LogP contribution is 2.17. The molecule has 2 unspecified atom stereocenters. The summed E-state index contributed by atoms with van der Waals surface area (Å²) in [5.41, 5.74) is -1.11. The van der Waals surface area contributed by atoms with Crippen LogP contribution in [0.3, 0.4) is 0 Å². The van der Waals surface area contributed by atoms with Crippen LogP contribution in [-0.2, 0) is 4.31 Å². The van der Waals surface area contributed by atoms with Crippen LogP contribution in [0.25, 0.3) is 0 Å². The molecule has 0 aromatic rings. The summed E-state index contributed by atoms with van der Waals surface area (Å²) in [6.45, 7) is 0.118. The van der Waals surface area contributed by atoms with Crippen molar-refractivity contribution < 1.29 is 39.6 Å². The van der Waals surface area contributed by atoms with Gasteiger partial charge < -0.3 is 35.3 Å². The lowest BCUT2D eigenvalue weighted by molar-refractivity contribution is -0.166. The molecule has 0 radical (unpaired) electrons. The van der Waals surface area contributed by atoms with Gasteiger partial charge in [0.1, 0.15) is 0 Å². The van der Waals surface area contributed by atoms with E-state index in [2.05, 4.69) is 4.31 Å². The molecule has 0 aromatic heterocycles. The third-order valence-corrected chi connectivity index (χ3v) is 3.86. The van der Waals surface area contributed by atoms with Gasteiger partial charge in [0.25, 0.3) is 0 Å². The largest absolute Gasteiger partial charge is 0.396 e. The van der Waals surface area contributed by atoms with Gasteiger partial charge in [-0.15, -0.1) is 0 Å². The summed E-state index contributed by atoms with van der Waals surface area (Å²) in [6.07, 6.45) is 0. The van der Waals surface area contributed by atoms with Crippen molar-refractivity contribution in [3.63, 3.8) is 0 Å². The average Bonchev–Trinajstić information content (AvgIpc) is 2.52. The highest BCUT2D eigenvalue weighted by atomic mass is 31.2. The maximum atomic E-state index is 9.52. The predicted molar refractivity (Wildman–Crippen MR) is 90.9 cm³/mol. The van der Waals surface area contributed by atoms with E-state index in [9.17, 15) is 5.11 Å². The summed E-state index contributed by atoms with van der Waals surface area (Å²) in [4.78, 5) is 18.9. The lowest BCUT2D eigenvalue weighted by Gasteiger charge is -2.36. The first kappa shape index (κ1) is 28.3. The lowest BCUT2D eigenvalue weighted by atomic mass is 9.93. The van der Waals surface area contributed by atoms with Crippen LogP contribution < -0.4 is 0 Å². The van der Waals surface area contributed by atoms with Gasteiger partial charge in [-0.1, -0.05) is 0 Å². The van der Waals surface area contributed by atoms with Crippen molar-refractivity contribution in [1.82, 2.24) is 9.80 Å². The summed E-state index contributed by atoms with van der Waals surface area (Å²) in [5, 5.41) is 43.5. The van der Waals surface area contributed by atoms with Gasteiger partial charge in [-0.3, -0.25) is 14.1 Å². The molecule has 0 amide bonds. The van der Waals surface area contributed by atoms with Gasteiger partial charge >= 0.3 is 0 Å². The molecule has 0 bridgehead atoms. The van der Waals surface area contributed by atoms with Crippen LogP contribution in [0, 0.1) is 5.41 Å². The smallest absolute Gasteiger partial charge is 0.172 e. The molecule has 12 heteroatoms. The Morgan fingerprint density at radius 1 is 0.783 bits per heavy atom. The zero-order valence-corrected chi connectivity index (χ0v) is 16.3. The molecule has 144 valence electrons. The summed E-state index contributed by atoms with van der Waals surface area (Å²) in [6, 6.07) is 0. The summed E-state index contributed by atoms with van der Waals surface area (Å²) in [5.74, 6) is -0.833. The van der Waals surface area contributed by atoms with Gasteiger partial charge in [0.2, 0.25) is 0 Å². The molecule has 23 heavy (non-hydrogen) atoms. The Hall–Kier alpha value is 0.460. The number of hydrogen-bond acceptors (Lipinski definition) is 10. The number of aliphatic hydroxyl groups excluding tert-OH is 4. The van der Waals surface area contributed by atoms with E-state index in [0.29, 0.717) is 0 Å². The number of nitrogens with zero attached hydrogens (tertiary/aromatic N) is 2. The second-order valence-corrected chi connectivity index (χ2v) is 6.36. The van der Waals surface area contributed by atoms with Crippen LogP contribution >= 0.6 is 18.1 Å². The van der Waals surface area contributed by atoms with E-state index in [4.69, 9.17) is 30.2 Å². The van der Waals surface area contributed by atoms with E-state index >= 15 is 0 Å². The number of hydrogen-bond donors (Lipinski definition) is 7. The lowest BCUT2D eigenvalue weighted by Crippen LogP contribution is -2.52. The summed E-state index contributed by atoms with van der Waals surface area (Å²) >= 11 is 0. The van der Waals surface area contributed by atoms with Crippen molar-refractivity contribution in [2.45, 2.75) is 12.8 Å². The fourth-order valence-electron chi connectivity index (χ4n) is 0.720. The van der Waals surface area contributed by atoms with Crippen molar-refractivity contribution in [2.24, 2.45) is 5.41 Å². The van der Waals surface area contributed by atoms with Crippen molar-refractivity contribution >= 4 is 18.1 Å². The van der Waals surface area contributed by atoms with Crippen LogP contribution in [0.4, 0.5) is 0 Å². The first-order chi connectivity index (χ1) is 10.5. The maximum absolute atomic E-state index is 9.52. The molecule has 0 fully saturated rings. The molecule has 0 aromatic carbocycles. The predicted octanol–water partition coefficient (Wildman–Crippen LogP) is -2.28. The first-order valence-corrected chi connectivity index (χ1v) is 8.21. The van der Waals surface area contributed by atoms with E-state index in [1.165, 1.54) is 0 Å². The SMILES string of the molecule is CN(C)C(C)(O)N(C)C.OCC(CO)(CO)CO.OPOPO. The van der Waals surface area contributed by atoms with E-state index < -0.39 is 55.8 Å². The van der Waals surface area contributed by atoms with Gasteiger partial charge in [-0.2, -0.15) is 0 Å². The van der Waals surface area contributed by atoms with Crippen LogP contribution in [0.1, 0.15) is 6.92 Å². The second kappa shape index (κ2) is 16.0. The zero-order chi connectivity index (χ0) is 19.1. The average molecular weight is 382 g/mol. The molecule has 0 saturated heterocycles. The van der Waals surface area contributed by atoms with Crippen molar-refractivity contribution in [2.75, 3.05) is 54.6 Å². The van der Waals surface area contributed by atoms with Crippen molar-refractivity contribution in [3.05, 3.63) is 0 Å². The van der Waals surface area contributed by atoms with Crippen LogP contribution in [0.15, 0.2) is 0 Å². The maximum Gasteiger partial charge on any atom is 0.172 e. The van der Waals surface area contributed by atoms with Crippen LogP contribution in [-0.4, -0.2) is 106 Å². The molecule has 0 aliphatic rings. The minimum atomic E-state index is -1.11. The Morgan fingerprint density at radius 2 is 1.04 bits per heavy atom. The molecule has 2 atom stereocenters. The van der Waals surface area contributed by atoms with Crippen LogP contribution in [0.5, 0.6) is 0 Å². The highest BCUT2D eigenvalue weighted by molar-refractivity contribution is 7.39. The van der Waals surface area contributed by atoms with E-state index in [1.807, 2.05) is 28.2 Å². The molecule has 0 saturated carbocycles. The molecule has 0 rings (SSSR count). The van der Waals surface area contributed by atoms with Gasteiger partial charge in [-0.05, 0) is 35.1 Å². The number of rotatable bonds is 8. The van der Waals surface area contributed by atoms with Gasteiger partial charge in [0.05, 0.1) is 31.8 Å². The van der Waals surface area contributed by atoms with Crippen molar-refractivity contribution in [1.29, 1.82) is 0 Å². The van der Waals surface area contributed by atoms with Crippen molar-refractivity contribution in [3.8, 4) is 0 Å². The minimum absolute atomic E-state index is 0.406. The molecular weight excluding hydrogens is 350 g/mol. The Bertz CT molecular complexity index is 227. The fraction of sp³-hybridized carbons (Fsp3) is 1.00. The molecule has 0 heterocycles. The highest BCUT2D eigenvalue weighted by Gasteiger charge is 2.26. The molecule has 10 nitrogen and oxygen atoms in total. The molecule has 0 aliphatic carbocycles. The monoisotopic (exact) mass is 382 g/mol. The van der Waals surface area contributed by atoms with E-state index in [0.717, 1.165) is 0 Å². The number of aliphatic hydroxyl groups is 5. The first-order valence-electron chi connectivity index (χ1n) is 6.49. The Morgan fingerprint density at radius 3 is 1.04 bits per heavy atom. The van der Waals surface area contributed by atoms with Gasteiger partial charge in [-0.25, -0.2) is 0 Å². The molecular formula is C11H32N2O8P2. The zero-order valence-electron chi connectivity index (χ0n) is 14.3. The normalized spacial score (nSPS) is 12.8. The third kappa shape index (κ3) is 13.4. The van der Waals surface area contributed by atoms with Crippen LogP contribution in [0.2, 0.25) is 0 Å². The van der Waals surface area contributed by atoms with Gasteiger partial charge in [0.15, 0.2) is 23.9 Å². The molecule has 7 N–H and O–H groups in total. The molecule has 0 aliphatic heterocycles. The fourth-order valence-corrected chi connectivity index (χ4v) is 0.884. The molecule has 0 spiro atoms.